The minimum absolute atomic E-state index is 0.0515. The molecule has 0 fully saturated rings. The molecule has 6 heteroatoms. The molecule has 2 aliphatic heterocycles. The Morgan fingerprint density at radius 2 is 0.641 bits per heavy atom. The van der Waals surface area contributed by atoms with Gasteiger partial charge in [0, 0.05) is 44.9 Å². The third-order valence-electron chi connectivity index (χ3n) is 19.9. The minimum atomic E-state index is -3.20. The molecule has 0 aliphatic carbocycles. The van der Waals surface area contributed by atoms with Gasteiger partial charge in [-0.1, -0.05) is 296 Å². The van der Waals surface area contributed by atoms with Crippen molar-refractivity contribution in [3.8, 4) is 5.69 Å². The van der Waals surface area contributed by atoms with Crippen molar-refractivity contribution in [1.29, 1.82) is 0 Å². The Balaban J connectivity index is 1.06. The summed E-state index contributed by atoms with van der Waals surface area (Å²) in [6, 6.07) is 126. The number of anilines is 6. The van der Waals surface area contributed by atoms with Crippen molar-refractivity contribution >= 4 is 137 Å². The number of nitrogens with zero attached hydrogens (tertiary/aromatic N) is 3. The predicted molar refractivity (Wildman–Crippen MR) is 399 cm³/mol. The molecule has 0 bridgehead atoms. The van der Waals surface area contributed by atoms with Crippen LogP contribution in [0.5, 0.6) is 0 Å². The van der Waals surface area contributed by atoms with Crippen molar-refractivity contribution in [3.63, 3.8) is 0 Å². The van der Waals surface area contributed by atoms with Gasteiger partial charge in [0.2, 0.25) is 0 Å². The van der Waals surface area contributed by atoms with Gasteiger partial charge in [-0.05, 0) is 153 Å². The van der Waals surface area contributed by atoms with Crippen molar-refractivity contribution in [1.82, 2.24) is 4.57 Å². The Hall–Kier alpha value is -10.2. The zero-order valence-corrected chi connectivity index (χ0v) is 55.1. The first-order chi connectivity index (χ1) is 44.9. The highest BCUT2D eigenvalue weighted by molar-refractivity contribution is 7.22. The molecule has 16 rings (SSSR count). The van der Waals surface area contributed by atoms with E-state index in [4.69, 9.17) is 0 Å². The van der Waals surface area contributed by atoms with Gasteiger partial charge in [-0.3, -0.25) is 0 Å². The van der Waals surface area contributed by atoms with Crippen molar-refractivity contribution in [2.24, 2.45) is 0 Å². The second-order valence-corrected chi connectivity index (χ2v) is 34.8. The summed E-state index contributed by atoms with van der Waals surface area (Å²) in [5, 5.41) is 13.3. The first-order valence-electron chi connectivity index (χ1n) is 32.5. The van der Waals surface area contributed by atoms with Gasteiger partial charge in [0.25, 0.3) is 6.71 Å². The fraction of sp³-hybridized carbons (Fsp3) is 0.0930. The second kappa shape index (κ2) is 22.3. The van der Waals surface area contributed by atoms with Crippen LogP contribution in [0.3, 0.4) is 0 Å². The molecule has 0 N–H and O–H groups in total. The molecule has 3 heterocycles. The van der Waals surface area contributed by atoms with Crippen LogP contribution in [0.2, 0.25) is 0 Å². The van der Waals surface area contributed by atoms with Crippen LogP contribution in [0.4, 0.5) is 34.1 Å². The summed E-state index contributed by atoms with van der Waals surface area (Å²) < 4.78 is 2.58. The fourth-order valence-corrected chi connectivity index (χ4v) is 25.6. The third kappa shape index (κ3) is 8.98. The van der Waals surface area contributed by atoms with Crippen molar-refractivity contribution in [2.45, 2.75) is 52.4 Å². The van der Waals surface area contributed by atoms with E-state index >= 15 is 0 Å². The quantitative estimate of drug-likeness (QED) is 0.0945. The Labute approximate surface area is 544 Å². The van der Waals surface area contributed by atoms with Crippen molar-refractivity contribution < 1.29 is 0 Å². The number of para-hydroxylation sites is 2. The van der Waals surface area contributed by atoms with E-state index in [-0.39, 0.29) is 17.5 Å². The summed E-state index contributed by atoms with van der Waals surface area (Å²) in [5.74, 6) is 0. The van der Waals surface area contributed by atoms with E-state index in [1.165, 1.54) is 102 Å². The summed E-state index contributed by atoms with van der Waals surface area (Å²) in [6.45, 7) is 13.8. The molecule has 1 aromatic heterocycles. The van der Waals surface area contributed by atoms with E-state index in [0.717, 1.165) is 28.4 Å². The van der Waals surface area contributed by atoms with Gasteiger partial charge in [0.05, 0.1) is 16.7 Å². The molecule has 0 saturated heterocycles. The number of fused-ring (bicyclic) bond motifs is 7. The average molecular weight is 1210 g/mol. The molecule has 0 radical (unpaired) electrons. The molecule has 0 saturated carbocycles. The first-order valence-corrected chi connectivity index (χ1v) is 36.5. The average Bonchev–Trinajstić information content (AvgIpc) is 0.726. The molecular weight excluding hydrogens is 1140 g/mol. The number of aromatic nitrogens is 1. The number of benzene rings is 13. The van der Waals surface area contributed by atoms with Gasteiger partial charge in [0.15, 0.2) is 16.1 Å². The molecule has 0 amide bonds. The molecule has 0 spiro atoms. The summed E-state index contributed by atoms with van der Waals surface area (Å²) >= 11 is 0. The van der Waals surface area contributed by atoms with Crippen LogP contribution in [0, 0.1) is 0 Å². The molecule has 13 aromatic carbocycles. The van der Waals surface area contributed by atoms with E-state index in [1.54, 1.807) is 0 Å². The van der Waals surface area contributed by atoms with Gasteiger partial charge in [-0.25, -0.2) is 0 Å². The monoisotopic (exact) mass is 1210 g/mol. The fourth-order valence-electron chi connectivity index (χ4n) is 15.8. The van der Waals surface area contributed by atoms with Crippen molar-refractivity contribution in [2.75, 3.05) is 9.80 Å². The molecule has 2 aliphatic rings. The molecule has 0 atom stereocenters. The summed E-state index contributed by atoms with van der Waals surface area (Å²) in [4.78, 5) is 5.27. The van der Waals surface area contributed by atoms with Gasteiger partial charge in [0.1, 0.15) is 0 Å². The summed E-state index contributed by atoms with van der Waals surface area (Å²) in [6.07, 6.45) is 0. The molecule has 3 nitrogen and oxygen atoms in total. The highest BCUT2D eigenvalue weighted by atomic mass is 28.3. The van der Waals surface area contributed by atoms with Gasteiger partial charge in [-0.2, -0.15) is 0 Å². The molecule has 92 heavy (non-hydrogen) atoms. The minimum Gasteiger partial charge on any atom is -0.311 e. The zero-order chi connectivity index (χ0) is 62.3. The standard InChI is InChI=1S/C86H72BN3Si2/c1-85(2,3)61-52-54-76-73(56-61)74-57-62(86(4,5)6)53-55-77(74)90(76)65-59-80-83-81(60-65)89(64-34-30-47-72(58-64)91(66-35-16-8-17-36-66,67-37-18-9-19-38-67)68-39-20-10-21-40-68)78-49-29-28-48-75(78)87(83)84-79(88(80)63-32-14-7-15-33-63)50-31-51-82(84)92(69-41-22-11-23-42-69,70-43-24-12-25-44-70)71-45-26-13-27-46-71/h7-60H,1-6H3. The summed E-state index contributed by atoms with van der Waals surface area (Å²) in [5.41, 5.74) is 16.8. The summed E-state index contributed by atoms with van der Waals surface area (Å²) in [7, 11) is -6.21. The van der Waals surface area contributed by atoms with E-state index in [0.29, 0.717) is 0 Å². The molecule has 0 unspecified atom stereocenters. The Morgan fingerprint density at radius 3 is 1.10 bits per heavy atom. The lowest BCUT2D eigenvalue weighted by molar-refractivity contribution is 0.590. The van der Waals surface area contributed by atoms with Crippen LogP contribution < -0.4 is 67.7 Å². The Morgan fingerprint density at radius 1 is 0.272 bits per heavy atom. The number of hydrogen-bond acceptors (Lipinski definition) is 2. The highest BCUT2D eigenvalue weighted by Gasteiger charge is 2.51. The van der Waals surface area contributed by atoms with Crippen LogP contribution in [0.1, 0.15) is 52.7 Å². The largest absolute Gasteiger partial charge is 0.311 e. The zero-order valence-electron chi connectivity index (χ0n) is 53.1. The lowest BCUT2D eigenvalue weighted by Gasteiger charge is -2.47. The molecular formula is C86H72BN3Si2. The Kier molecular flexibility index (Phi) is 13.8. The topological polar surface area (TPSA) is 11.4 Å². The maximum absolute atomic E-state index is 3.20. The van der Waals surface area contributed by atoms with Crippen LogP contribution in [-0.2, 0) is 10.8 Å². The SMILES string of the molecule is CC(C)(C)c1ccc2c(c1)c1cc(C(C)(C)C)ccc1n2-c1cc2c3c(c1)N(c1ccccc1)c1cccc([Si](c4ccccc4)(c4ccccc4)c4ccccc4)c1B3c1ccccc1N2c1cccc([Si](c2ccccc2)(c2ccccc2)c2ccccc2)c1. The maximum Gasteiger partial charge on any atom is 0.252 e. The van der Waals surface area contributed by atoms with Gasteiger partial charge >= 0.3 is 0 Å². The van der Waals surface area contributed by atoms with Gasteiger partial charge < -0.3 is 14.4 Å². The predicted octanol–water partition coefficient (Wildman–Crippen LogP) is 14.2. The first kappa shape index (κ1) is 57.0. The van der Waals surface area contributed by atoms with E-state index in [1.807, 2.05) is 0 Å². The normalized spacial score (nSPS) is 13.0. The van der Waals surface area contributed by atoms with E-state index in [2.05, 4.69) is 383 Å². The number of hydrogen-bond donors (Lipinski definition) is 0. The molecule has 442 valence electrons. The molecule has 14 aromatic rings. The van der Waals surface area contributed by atoms with Crippen LogP contribution in [0.25, 0.3) is 27.5 Å². The van der Waals surface area contributed by atoms with Crippen molar-refractivity contribution in [3.05, 3.63) is 339 Å². The third-order valence-corrected chi connectivity index (χ3v) is 29.6. The smallest absolute Gasteiger partial charge is 0.252 e. The maximum atomic E-state index is 2.65. The lowest BCUT2D eigenvalue weighted by atomic mass is 9.33. The lowest BCUT2D eigenvalue weighted by Crippen LogP contribution is -2.80. The number of rotatable bonds is 11. The van der Waals surface area contributed by atoms with E-state index < -0.39 is 16.1 Å². The van der Waals surface area contributed by atoms with Crippen LogP contribution in [-0.4, -0.2) is 27.4 Å². The highest BCUT2D eigenvalue weighted by Crippen LogP contribution is 2.47. The van der Waals surface area contributed by atoms with Crippen LogP contribution in [0.15, 0.2) is 328 Å². The second-order valence-electron chi connectivity index (χ2n) is 27.2. The van der Waals surface area contributed by atoms with E-state index in [9.17, 15) is 0 Å². The van der Waals surface area contributed by atoms with Crippen LogP contribution >= 0.6 is 0 Å². The Bertz CT molecular complexity index is 4800. The van der Waals surface area contributed by atoms with Gasteiger partial charge in [-0.15, -0.1) is 0 Å².